The molecule has 5 heteroatoms. The Morgan fingerprint density at radius 3 is 2.27 bits per heavy atom. The van der Waals surface area contributed by atoms with Gasteiger partial charge >= 0.3 is 0 Å². The maximum Gasteiger partial charge on any atom is 0.217 e. The van der Waals surface area contributed by atoms with E-state index in [1.807, 2.05) is 0 Å². The monoisotopic (exact) mass is 161 g/mol. The van der Waals surface area contributed by atoms with Gasteiger partial charge in [0.25, 0.3) is 0 Å². The Balaban J connectivity index is 3.94. The minimum Gasteiger partial charge on any atom is -0.394 e. The summed E-state index contributed by atoms with van der Waals surface area (Å²) < 4.78 is 0. The van der Waals surface area contributed by atoms with E-state index in [0.29, 0.717) is 0 Å². The number of carbonyl (C=O) groups excluding carboxylic acids is 2. The molecule has 1 atom stereocenters. The predicted octanol–water partition coefficient (Wildman–Crippen LogP) is -1.96. The molecule has 0 heterocycles. The van der Waals surface area contributed by atoms with Gasteiger partial charge in [0.05, 0.1) is 6.61 Å². The van der Waals surface area contributed by atoms with Crippen molar-refractivity contribution in [3.8, 4) is 0 Å². The van der Waals surface area contributed by atoms with E-state index in [0.717, 1.165) is 0 Å². The van der Waals surface area contributed by atoms with Gasteiger partial charge in [-0.1, -0.05) is 0 Å². The van der Waals surface area contributed by atoms with Gasteiger partial charge in [-0.25, -0.2) is 0 Å². The van der Waals surface area contributed by atoms with Gasteiger partial charge in [0.1, 0.15) is 12.6 Å². The number of aliphatic hydroxyl groups excluding tert-OH is 2. The van der Waals surface area contributed by atoms with Crippen molar-refractivity contribution in [2.45, 2.75) is 13.0 Å². The summed E-state index contributed by atoms with van der Waals surface area (Å²) >= 11 is 0. The number of hydrogen-bond donors (Lipinski definition) is 3. The molecule has 1 amide bonds. The third-order valence-corrected chi connectivity index (χ3v) is 1.10. The van der Waals surface area contributed by atoms with Gasteiger partial charge in [0, 0.05) is 6.92 Å². The Bertz CT molecular complexity index is 157. The first-order valence-corrected chi connectivity index (χ1v) is 3.13. The summed E-state index contributed by atoms with van der Waals surface area (Å²) in [5.74, 6) is -1.01. The van der Waals surface area contributed by atoms with Crippen molar-refractivity contribution in [2.24, 2.45) is 0 Å². The van der Waals surface area contributed by atoms with E-state index in [9.17, 15) is 9.59 Å². The highest BCUT2D eigenvalue weighted by Gasteiger charge is 2.16. The van der Waals surface area contributed by atoms with Crippen molar-refractivity contribution in [1.82, 2.24) is 5.32 Å². The predicted molar refractivity (Wildman–Crippen MR) is 36.8 cm³/mol. The van der Waals surface area contributed by atoms with E-state index in [1.54, 1.807) is 0 Å². The molecule has 0 aromatic heterocycles. The number of amides is 1. The van der Waals surface area contributed by atoms with Crippen molar-refractivity contribution >= 4 is 11.7 Å². The highest BCUT2D eigenvalue weighted by atomic mass is 16.3. The molecule has 5 nitrogen and oxygen atoms in total. The SMILES string of the molecule is CC(=O)NC(CO)C(=O)CO. The van der Waals surface area contributed by atoms with Crippen LogP contribution in [0.1, 0.15) is 6.92 Å². The second kappa shape index (κ2) is 4.81. The first-order chi connectivity index (χ1) is 5.11. The van der Waals surface area contributed by atoms with Gasteiger partial charge in [-0.3, -0.25) is 9.59 Å². The van der Waals surface area contributed by atoms with Crippen LogP contribution < -0.4 is 5.32 Å². The van der Waals surface area contributed by atoms with Gasteiger partial charge in [0.2, 0.25) is 5.91 Å². The largest absolute Gasteiger partial charge is 0.394 e. The molecule has 0 aliphatic carbocycles. The summed E-state index contributed by atoms with van der Waals surface area (Å²) in [6.45, 7) is 0.0673. The van der Waals surface area contributed by atoms with Crippen molar-refractivity contribution in [1.29, 1.82) is 0 Å². The average molecular weight is 161 g/mol. The van der Waals surface area contributed by atoms with Crippen LogP contribution in [0.25, 0.3) is 0 Å². The summed E-state index contributed by atoms with van der Waals surface area (Å²) in [4.78, 5) is 21.0. The first kappa shape index (κ1) is 10.1. The molecule has 0 rings (SSSR count). The van der Waals surface area contributed by atoms with Gasteiger partial charge in [0.15, 0.2) is 5.78 Å². The first-order valence-electron chi connectivity index (χ1n) is 3.13. The molecule has 0 radical (unpaired) electrons. The fraction of sp³-hybridized carbons (Fsp3) is 0.667. The Morgan fingerprint density at radius 1 is 1.45 bits per heavy atom. The summed E-state index contributed by atoms with van der Waals surface area (Å²) in [6, 6.07) is -0.975. The normalized spacial score (nSPS) is 12.3. The second-order valence-corrected chi connectivity index (χ2v) is 2.06. The lowest BCUT2D eigenvalue weighted by atomic mass is 10.2. The number of Topliss-reactive ketones (excluding diaryl/α,β-unsaturated/α-hetero) is 1. The maximum atomic E-state index is 10.7. The third-order valence-electron chi connectivity index (χ3n) is 1.10. The van der Waals surface area contributed by atoms with E-state index in [-0.39, 0.29) is 0 Å². The number of carbonyl (C=O) groups is 2. The molecule has 1 unspecified atom stereocenters. The molecule has 0 saturated heterocycles. The maximum absolute atomic E-state index is 10.7. The number of nitrogens with one attached hydrogen (secondary N) is 1. The van der Waals surface area contributed by atoms with Crippen LogP contribution in [-0.4, -0.2) is 41.2 Å². The highest BCUT2D eigenvalue weighted by molar-refractivity contribution is 5.89. The zero-order valence-electron chi connectivity index (χ0n) is 6.20. The number of ketones is 1. The number of aliphatic hydroxyl groups is 2. The van der Waals surface area contributed by atoms with Crippen molar-refractivity contribution in [2.75, 3.05) is 13.2 Å². The minimum atomic E-state index is -0.975. The zero-order valence-corrected chi connectivity index (χ0v) is 6.20. The molecular formula is C6H11NO4. The standard InChI is InChI=1S/C6H11NO4/c1-4(10)7-5(2-8)6(11)3-9/h5,8-9H,2-3H2,1H3,(H,7,10). The Hall–Kier alpha value is -0.940. The molecule has 0 aliphatic rings. The van der Waals surface area contributed by atoms with Crippen LogP contribution in [0.2, 0.25) is 0 Å². The van der Waals surface area contributed by atoms with Crippen LogP contribution in [0, 0.1) is 0 Å². The highest BCUT2D eigenvalue weighted by Crippen LogP contribution is 1.84. The lowest BCUT2D eigenvalue weighted by Gasteiger charge is -2.11. The van der Waals surface area contributed by atoms with E-state index in [1.165, 1.54) is 6.92 Å². The fourth-order valence-corrected chi connectivity index (χ4v) is 0.584. The van der Waals surface area contributed by atoms with Crippen LogP contribution in [0.5, 0.6) is 0 Å². The van der Waals surface area contributed by atoms with Crippen LogP contribution in [0.15, 0.2) is 0 Å². The van der Waals surface area contributed by atoms with Gasteiger partial charge < -0.3 is 15.5 Å². The van der Waals surface area contributed by atoms with Gasteiger partial charge in [-0.2, -0.15) is 0 Å². The van der Waals surface area contributed by atoms with E-state index in [2.05, 4.69) is 5.32 Å². The zero-order chi connectivity index (χ0) is 8.85. The molecule has 0 spiro atoms. The molecule has 0 aromatic rings. The fourth-order valence-electron chi connectivity index (χ4n) is 0.584. The Morgan fingerprint density at radius 2 is 2.00 bits per heavy atom. The molecule has 11 heavy (non-hydrogen) atoms. The van der Waals surface area contributed by atoms with E-state index < -0.39 is 30.9 Å². The minimum absolute atomic E-state index is 0.411. The lowest BCUT2D eigenvalue weighted by Crippen LogP contribution is -2.43. The molecule has 0 bridgehead atoms. The van der Waals surface area contributed by atoms with Gasteiger partial charge in [-0.05, 0) is 0 Å². The van der Waals surface area contributed by atoms with Crippen molar-refractivity contribution in [3.63, 3.8) is 0 Å². The van der Waals surface area contributed by atoms with Crippen molar-refractivity contribution < 1.29 is 19.8 Å². The molecule has 0 aliphatic heterocycles. The number of rotatable bonds is 4. The molecule has 0 fully saturated rings. The molecular weight excluding hydrogens is 150 g/mol. The van der Waals surface area contributed by atoms with Crippen LogP contribution >= 0.6 is 0 Å². The third kappa shape index (κ3) is 3.69. The Labute approximate surface area is 64.0 Å². The second-order valence-electron chi connectivity index (χ2n) is 2.06. The van der Waals surface area contributed by atoms with Crippen LogP contribution in [0.3, 0.4) is 0 Å². The molecule has 64 valence electrons. The molecule has 0 saturated carbocycles. The summed E-state index contributed by atoms with van der Waals surface area (Å²) in [7, 11) is 0. The molecule has 0 aromatic carbocycles. The molecule has 3 N–H and O–H groups in total. The van der Waals surface area contributed by atoms with Crippen LogP contribution in [0.4, 0.5) is 0 Å². The lowest BCUT2D eigenvalue weighted by molar-refractivity contribution is -0.129. The van der Waals surface area contributed by atoms with E-state index >= 15 is 0 Å². The van der Waals surface area contributed by atoms with Crippen molar-refractivity contribution in [3.05, 3.63) is 0 Å². The summed E-state index contributed by atoms with van der Waals surface area (Å²) in [6.07, 6.45) is 0. The smallest absolute Gasteiger partial charge is 0.217 e. The summed E-state index contributed by atoms with van der Waals surface area (Å²) in [5.41, 5.74) is 0. The average Bonchev–Trinajstić information content (AvgIpc) is 1.98. The van der Waals surface area contributed by atoms with Gasteiger partial charge in [-0.15, -0.1) is 0 Å². The van der Waals surface area contributed by atoms with E-state index in [4.69, 9.17) is 10.2 Å². The summed E-state index contributed by atoms with van der Waals surface area (Å²) in [5, 5.41) is 19.0. The Kier molecular flexibility index (Phi) is 4.40. The quantitative estimate of drug-likeness (QED) is 0.447. The van der Waals surface area contributed by atoms with Crippen LogP contribution in [-0.2, 0) is 9.59 Å². The topological polar surface area (TPSA) is 86.6 Å². The number of hydrogen-bond acceptors (Lipinski definition) is 4.